The van der Waals surface area contributed by atoms with E-state index in [-0.39, 0.29) is 11.8 Å². The molecule has 1 fully saturated rings. The molecule has 108 valence electrons. The zero-order valence-corrected chi connectivity index (χ0v) is 13.5. The summed E-state index contributed by atoms with van der Waals surface area (Å²) >= 11 is 2.21. The van der Waals surface area contributed by atoms with E-state index >= 15 is 0 Å². The maximum atomic E-state index is 12.5. The summed E-state index contributed by atoms with van der Waals surface area (Å²) in [5.74, 6) is 0.223. The number of primary amides is 1. The highest BCUT2D eigenvalue weighted by atomic mass is 127. The maximum absolute atomic E-state index is 12.5. The summed E-state index contributed by atoms with van der Waals surface area (Å²) in [6.07, 6.45) is 3.27. The summed E-state index contributed by atoms with van der Waals surface area (Å²) in [6.45, 7) is 1.54. The molecule has 1 aromatic carbocycles. The van der Waals surface area contributed by atoms with Crippen LogP contribution >= 0.6 is 22.6 Å². The lowest BCUT2D eigenvalue weighted by atomic mass is 9.93. The molecule has 0 saturated carbocycles. The van der Waals surface area contributed by atoms with Gasteiger partial charge in [0.15, 0.2) is 0 Å². The van der Waals surface area contributed by atoms with Gasteiger partial charge in [-0.05, 0) is 66.0 Å². The number of rotatable bonds is 4. The van der Waals surface area contributed by atoms with Gasteiger partial charge in [-0.2, -0.15) is 0 Å². The van der Waals surface area contributed by atoms with Gasteiger partial charge in [-0.15, -0.1) is 0 Å². The van der Waals surface area contributed by atoms with E-state index in [9.17, 15) is 9.59 Å². The molecule has 2 amide bonds. The third-order valence-electron chi connectivity index (χ3n) is 3.68. The van der Waals surface area contributed by atoms with Crippen LogP contribution in [0.3, 0.4) is 0 Å². The molecule has 5 heteroatoms. The van der Waals surface area contributed by atoms with Gasteiger partial charge >= 0.3 is 0 Å². The Morgan fingerprint density at radius 1 is 1.40 bits per heavy atom. The summed E-state index contributed by atoms with van der Waals surface area (Å²) in [4.78, 5) is 25.2. The molecule has 0 bridgehead atoms. The fourth-order valence-corrected chi connectivity index (χ4v) is 3.18. The van der Waals surface area contributed by atoms with Crippen LogP contribution in [0.25, 0.3) is 0 Å². The van der Waals surface area contributed by atoms with Crippen LogP contribution in [0.15, 0.2) is 24.3 Å². The van der Waals surface area contributed by atoms with Gasteiger partial charge in [0.1, 0.15) is 0 Å². The molecule has 20 heavy (non-hydrogen) atoms. The van der Waals surface area contributed by atoms with Crippen molar-refractivity contribution < 1.29 is 9.59 Å². The molecular formula is C15H19IN2O2. The SMILES string of the molecule is NC(=O)CCC1CCCN(C(=O)c2cccc(I)c2)C1. The summed E-state index contributed by atoms with van der Waals surface area (Å²) in [5, 5.41) is 0. The van der Waals surface area contributed by atoms with Gasteiger partial charge in [-0.3, -0.25) is 9.59 Å². The second-order valence-corrected chi connectivity index (χ2v) is 6.52. The lowest BCUT2D eigenvalue weighted by Gasteiger charge is -2.32. The smallest absolute Gasteiger partial charge is 0.253 e. The highest BCUT2D eigenvalue weighted by Gasteiger charge is 2.24. The predicted octanol–water partition coefficient (Wildman–Crippen LogP) is 2.41. The minimum Gasteiger partial charge on any atom is -0.370 e. The van der Waals surface area contributed by atoms with E-state index in [1.807, 2.05) is 29.2 Å². The Morgan fingerprint density at radius 2 is 2.20 bits per heavy atom. The van der Waals surface area contributed by atoms with Crippen LogP contribution in [0.5, 0.6) is 0 Å². The molecule has 2 N–H and O–H groups in total. The third-order valence-corrected chi connectivity index (χ3v) is 4.35. The Hall–Kier alpha value is -1.11. The standard InChI is InChI=1S/C15H19IN2O2/c16-13-5-1-4-12(9-13)15(20)18-8-2-3-11(10-18)6-7-14(17)19/h1,4-5,9,11H,2-3,6-8,10H2,(H2,17,19). The average molecular weight is 386 g/mol. The number of nitrogens with zero attached hydrogens (tertiary/aromatic N) is 1. The normalized spacial score (nSPS) is 18.9. The second-order valence-electron chi connectivity index (χ2n) is 5.27. The summed E-state index contributed by atoms with van der Waals surface area (Å²) in [7, 11) is 0. The first kappa shape index (κ1) is 15.3. The van der Waals surface area contributed by atoms with E-state index in [1.54, 1.807) is 0 Å². The molecule has 4 nitrogen and oxygen atoms in total. The molecule has 1 atom stereocenters. The minimum absolute atomic E-state index is 0.0901. The summed E-state index contributed by atoms with van der Waals surface area (Å²) in [5.41, 5.74) is 5.93. The van der Waals surface area contributed by atoms with Gasteiger partial charge in [-0.1, -0.05) is 6.07 Å². The number of amides is 2. The second kappa shape index (κ2) is 7.06. The number of hydrogen-bond donors (Lipinski definition) is 1. The molecule has 1 saturated heterocycles. The fraction of sp³-hybridized carbons (Fsp3) is 0.467. The van der Waals surface area contributed by atoms with E-state index in [0.29, 0.717) is 12.3 Å². The molecule has 0 aromatic heterocycles. The van der Waals surface area contributed by atoms with Crippen molar-refractivity contribution in [3.8, 4) is 0 Å². The number of carbonyl (C=O) groups excluding carboxylic acids is 2. The monoisotopic (exact) mass is 386 g/mol. The summed E-state index contributed by atoms with van der Waals surface area (Å²) in [6, 6.07) is 7.65. The largest absolute Gasteiger partial charge is 0.370 e. The van der Waals surface area contributed by atoms with Crippen LogP contribution in [0.4, 0.5) is 0 Å². The zero-order chi connectivity index (χ0) is 14.5. The highest BCUT2D eigenvalue weighted by molar-refractivity contribution is 14.1. The lowest BCUT2D eigenvalue weighted by molar-refractivity contribution is -0.118. The Morgan fingerprint density at radius 3 is 2.90 bits per heavy atom. The number of likely N-dealkylation sites (tertiary alicyclic amines) is 1. The number of piperidine rings is 1. The van der Waals surface area contributed by atoms with E-state index in [0.717, 1.165) is 41.5 Å². The lowest BCUT2D eigenvalue weighted by Crippen LogP contribution is -2.40. The topological polar surface area (TPSA) is 63.4 Å². The first-order valence-corrected chi connectivity index (χ1v) is 7.97. The molecule has 0 radical (unpaired) electrons. The molecule has 1 heterocycles. The van der Waals surface area contributed by atoms with Gasteiger partial charge in [0.05, 0.1) is 0 Å². The van der Waals surface area contributed by atoms with Crippen molar-refractivity contribution in [3.05, 3.63) is 33.4 Å². The quantitative estimate of drug-likeness (QED) is 0.808. The number of halogens is 1. The van der Waals surface area contributed by atoms with Crippen molar-refractivity contribution >= 4 is 34.4 Å². The van der Waals surface area contributed by atoms with Gasteiger partial charge in [0.25, 0.3) is 5.91 Å². The number of nitrogens with two attached hydrogens (primary N) is 1. The Balaban J connectivity index is 1.98. The number of carbonyl (C=O) groups is 2. The van der Waals surface area contributed by atoms with Gasteiger partial charge < -0.3 is 10.6 Å². The molecule has 2 rings (SSSR count). The van der Waals surface area contributed by atoms with E-state index in [4.69, 9.17) is 5.73 Å². The van der Waals surface area contributed by atoms with Crippen LogP contribution in [0, 0.1) is 9.49 Å². The van der Waals surface area contributed by atoms with Gasteiger partial charge in [-0.25, -0.2) is 0 Å². The first-order chi connectivity index (χ1) is 9.56. The van der Waals surface area contributed by atoms with Gasteiger partial charge in [0, 0.05) is 28.6 Å². The molecular weight excluding hydrogens is 367 g/mol. The Labute approximate surface area is 132 Å². The Bertz CT molecular complexity index is 504. The highest BCUT2D eigenvalue weighted by Crippen LogP contribution is 2.22. The minimum atomic E-state index is -0.258. The van der Waals surface area contributed by atoms with Crippen LogP contribution in [-0.2, 0) is 4.79 Å². The molecule has 1 unspecified atom stereocenters. The average Bonchev–Trinajstić information content (AvgIpc) is 2.44. The molecule has 0 spiro atoms. The molecule has 1 aliphatic heterocycles. The van der Waals surface area contributed by atoms with Crippen molar-refractivity contribution in [1.29, 1.82) is 0 Å². The van der Waals surface area contributed by atoms with Gasteiger partial charge in [0.2, 0.25) is 5.91 Å². The van der Waals surface area contributed by atoms with E-state index in [2.05, 4.69) is 22.6 Å². The van der Waals surface area contributed by atoms with E-state index < -0.39 is 0 Å². The van der Waals surface area contributed by atoms with E-state index in [1.165, 1.54) is 0 Å². The van der Waals surface area contributed by atoms with Crippen LogP contribution in [-0.4, -0.2) is 29.8 Å². The molecule has 0 aliphatic carbocycles. The van der Waals surface area contributed by atoms with Crippen molar-refractivity contribution in [3.63, 3.8) is 0 Å². The molecule has 1 aromatic rings. The van der Waals surface area contributed by atoms with Crippen LogP contribution in [0.1, 0.15) is 36.0 Å². The third kappa shape index (κ3) is 4.19. The summed E-state index contributed by atoms with van der Waals surface area (Å²) < 4.78 is 1.07. The number of hydrogen-bond acceptors (Lipinski definition) is 2. The first-order valence-electron chi connectivity index (χ1n) is 6.89. The van der Waals surface area contributed by atoms with Crippen molar-refractivity contribution in [2.45, 2.75) is 25.7 Å². The fourth-order valence-electron chi connectivity index (χ4n) is 2.64. The Kier molecular flexibility index (Phi) is 5.39. The van der Waals surface area contributed by atoms with Crippen molar-refractivity contribution in [2.75, 3.05) is 13.1 Å². The van der Waals surface area contributed by atoms with Crippen LogP contribution in [0.2, 0.25) is 0 Å². The van der Waals surface area contributed by atoms with Crippen LogP contribution < -0.4 is 5.73 Å². The molecule has 1 aliphatic rings. The maximum Gasteiger partial charge on any atom is 0.253 e. The predicted molar refractivity (Wildman–Crippen MR) is 86.2 cm³/mol. The van der Waals surface area contributed by atoms with Crippen molar-refractivity contribution in [1.82, 2.24) is 4.90 Å². The number of benzene rings is 1. The van der Waals surface area contributed by atoms with Crippen molar-refractivity contribution in [2.24, 2.45) is 11.7 Å². The zero-order valence-electron chi connectivity index (χ0n) is 11.3.